The van der Waals surface area contributed by atoms with Crippen LogP contribution >= 0.6 is 0 Å². The van der Waals surface area contributed by atoms with Crippen molar-refractivity contribution in [2.24, 2.45) is 0 Å². The van der Waals surface area contributed by atoms with Crippen molar-refractivity contribution in [1.29, 1.82) is 0 Å². The summed E-state index contributed by atoms with van der Waals surface area (Å²) in [6.45, 7) is 0. The maximum absolute atomic E-state index is 11.8. The number of halogens is 2. The van der Waals surface area contributed by atoms with Gasteiger partial charge in [-0.1, -0.05) is 0 Å². The van der Waals surface area contributed by atoms with Gasteiger partial charge in [-0.05, 0) is 0 Å². The van der Waals surface area contributed by atoms with Gasteiger partial charge in [0.1, 0.15) is 5.69 Å². The molecule has 1 aromatic heterocycles. The first-order chi connectivity index (χ1) is 5.11. The lowest BCUT2D eigenvalue weighted by molar-refractivity contribution is 0.0690. The molecule has 0 aromatic carbocycles. The monoisotopic (exact) mass is 162 g/mol. The predicted molar refractivity (Wildman–Crippen MR) is 30.5 cm³/mol. The van der Waals surface area contributed by atoms with Crippen molar-refractivity contribution >= 4 is 5.97 Å². The summed E-state index contributed by atoms with van der Waals surface area (Å²) in [7, 11) is 0. The Morgan fingerprint density at radius 3 is 2.64 bits per heavy atom. The van der Waals surface area contributed by atoms with E-state index in [0.717, 1.165) is 6.20 Å². The van der Waals surface area contributed by atoms with Crippen LogP contribution in [0.1, 0.15) is 22.7 Å². The van der Waals surface area contributed by atoms with Crippen LogP contribution in [0.25, 0.3) is 0 Å². The van der Waals surface area contributed by atoms with Crippen LogP contribution in [-0.4, -0.2) is 21.0 Å². The molecule has 0 saturated heterocycles. The van der Waals surface area contributed by atoms with Crippen molar-refractivity contribution in [3.63, 3.8) is 0 Å². The third-order valence-corrected chi connectivity index (χ3v) is 1.03. The SMILES string of the molecule is O=C(O)c1cnc(C(F)F)[nH]1. The summed E-state index contributed by atoms with van der Waals surface area (Å²) < 4.78 is 23.5. The van der Waals surface area contributed by atoms with Gasteiger partial charge in [0, 0.05) is 0 Å². The molecule has 1 heterocycles. The molecule has 60 valence electrons. The van der Waals surface area contributed by atoms with Gasteiger partial charge >= 0.3 is 5.97 Å². The Balaban J connectivity index is 2.90. The summed E-state index contributed by atoms with van der Waals surface area (Å²) >= 11 is 0. The first-order valence-electron chi connectivity index (χ1n) is 2.67. The third-order valence-electron chi connectivity index (χ3n) is 1.03. The molecular weight excluding hydrogens is 158 g/mol. The Labute approximate surface area is 59.9 Å². The quantitative estimate of drug-likeness (QED) is 0.682. The zero-order valence-electron chi connectivity index (χ0n) is 5.21. The summed E-state index contributed by atoms with van der Waals surface area (Å²) in [5.41, 5.74) is -0.333. The van der Waals surface area contributed by atoms with Gasteiger partial charge in [-0.3, -0.25) is 0 Å². The number of carboxylic acids is 1. The number of H-pyrrole nitrogens is 1. The van der Waals surface area contributed by atoms with Crippen LogP contribution < -0.4 is 0 Å². The minimum atomic E-state index is -2.76. The van der Waals surface area contributed by atoms with E-state index in [9.17, 15) is 13.6 Å². The topological polar surface area (TPSA) is 66.0 Å². The Morgan fingerprint density at radius 1 is 1.73 bits per heavy atom. The summed E-state index contributed by atoms with van der Waals surface area (Å²) in [4.78, 5) is 15.2. The van der Waals surface area contributed by atoms with Crippen molar-refractivity contribution < 1.29 is 18.7 Å². The zero-order chi connectivity index (χ0) is 8.43. The third kappa shape index (κ3) is 1.51. The van der Waals surface area contributed by atoms with E-state index < -0.39 is 18.2 Å². The van der Waals surface area contributed by atoms with Crippen molar-refractivity contribution in [2.45, 2.75) is 6.43 Å². The van der Waals surface area contributed by atoms with Crippen LogP contribution in [0.2, 0.25) is 0 Å². The molecule has 0 aliphatic rings. The summed E-state index contributed by atoms with van der Waals surface area (Å²) in [5.74, 6) is -1.92. The normalized spacial score (nSPS) is 10.5. The van der Waals surface area contributed by atoms with Gasteiger partial charge in [-0.2, -0.15) is 0 Å². The minimum Gasteiger partial charge on any atom is -0.477 e. The lowest BCUT2D eigenvalue weighted by atomic mass is 10.5. The van der Waals surface area contributed by atoms with E-state index in [1.807, 2.05) is 4.98 Å². The van der Waals surface area contributed by atoms with Crippen LogP contribution in [-0.2, 0) is 0 Å². The van der Waals surface area contributed by atoms with Crippen LogP contribution in [0.5, 0.6) is 0 Å². The van der Waals surface area contributed by atoms with Gasteiger partial charge in [-0.25, -0.2) is 18.6 Å². The molecule has 1 rings (SSSR count). The van der Waals surface area contributed by atoms with Crippen LogP contribution in [0.4, 0.5) is 8.78 Å². The fourth-order valence-electron chi connectivity index (χ4n) is 0.556. The second-order valence-corrected chi connectivity index (χ2v) is 1.79. The maximum atomic E-state index is 11.8. The number of nitrogens with one attached hydrogen (secondary N) is 1. The average Bonchev–Trinajstić information content (AvgIpc) is 2.33. The first kappa shape index (κ1) is 7.64. The number of aromatic amines is 1. The molecule has 0 amide bonds. The molecule has 0 radical (unpaired) electrons. The van der Waals surface area contributed by atoms with Gasteiger partial charge in [0.2, 0.25) is 0 Å². The van der Waals surface area contributed by atoms with Crippen LogP contribution in [0, 0.1) is 0 Å². The summed E-state index contributed by atoms with van der Waals surface area (Å²) in [5, 5.41) is 8.26. The number of aromatic nitrogens is 2. The lowest BCUT2D eigenvalue weighted by Gasteiger charge is -1.89. The second-order valence-electron chi connectivity index (χ2n) is 1.79. The van der Waals surface area contributed by atoms with E-state index in [4.69, 9.17) is 5.11 Å². The van der Waals surface area contributed by atoms with E-state index >= 15 is 0 Å². The van der Waals surface area contributed by atoms with Crippen molar-refractivity contribution in [2.75, 3.05) is 0 Å². The van der Waals surface area contributed by atoms with Crippen molar-refractivity contribution in [3.05, 3.63) is 17.7 Å². The number of nitrogens with zero attached hydrogens (tertiary/aromatic N) is 1. The zero-order valence-corrected chi connectivity index (χ0v) is 5.21. The highest BCUT2D eigenvalue weighted by Crippen LogP contribution is 2.13. The van der Waals surface area contributed by atoms with Crippen molar-refractivity contribution in [3.8, 4) is 0 Å². The number of hydrogen-bond acceptors (Lipinski definition) is 2. The molecule has 0 bridgehead atoms. The molecule has 11 heavy (non-hydrogen) atoms. The predicted octanol–water partition coefficient (Wildman–Crippen LogP) is 1.05. The fraction of sp³-hybridized carbons (Fsp3) is 0.200. The first-order valence-corrected chi connectivity index (χ1v) is 2.67. The lowest BCUT2D eigenvalue weighted by Crippen LogP contribution is -1.96. The maximum Gasteiger partial charge on any atom is 0.353 e. The standard InChI is InChI=1S/C5H4F2N2O2/c6-3(7)4-8-1-2(9-4)5(10)11/h1,3H,(H,8,9)(H,10,11). The van der Waals surface area contributed by atoms with Crippen LogP contribution in [0.3, 0.4) is 0 Å². The van der Waals surface area contributed by atoms with Gasteiger partial charge in [0.25, 0.3) is 6.43 Å². The van der Waals surface area contributed by atoms with E-state index in [2.05, 4.69) is 4.98 Å². The molecule has 0 saturated carbocycles. The molecule has 0 unspecified atom stereocenters. The van der Waals surface area contributed by atoms with Gasteiger partial charge in [0.05, 0.1) is 6.20 Å². The van der Waals surface area contributed by atoms with E-state index in [1.165, 1.54) is 0 Å². The van der Waals surface area contributed by atoms with E-state index in [-0.39, 0.29) is 5.69 Å². The number of imidazole rings is 1. The summed E-state index contributed by atoms with van der Waals surface area (Å²) in [6.07, 6.45) is -1.91. The number of carbonyl (C=O) groups is 1. The number of alkyl halides is 2. The second kappa shape index (κ2) is 2.65. The number of aromatic carboxylic acids is 1. The largest absolute Gasteiger partial charge is 0.477 e. The molecule has 0 aliphatic heterocycles. The van der Waals surface area contributed by atoms with Gasteiger partial charge in [0.15, 0.2) is 5.82 Å². The van der Waals surface area contributed by atoms with Gasteiger partial charge in [-0.15, -0.1) is 0 Å². The fourth-order valence-corrected chi connectivity index (χ4v) is 0.556. The average molecular weight is 162 g/mol. The number of hydrogen-bond donors (Lipinski definition) is 2. The molecule has 0 fully saturated rings. The van der Waals surface area contributed by atoms with Gasteiger partial charge < -0.3 is 10.1 Å². The molecule has 0 aliphatic carbocycles. The molecule has 6 heteroatoms. The molecular formula is C5H4F2N2O2. The van der Waals surface area contributed by atoms with Crippen LogP contribution in [0.15, 0.2) is 6.20 Å². The summed E-state index contributed by atoms with van der Waals surface area (Å²) in [6, 6.07) is 0. The molecule has 4 nitrogen and oxygen atoms in total. The Hall–Kier alpha value is -1.46. The smallest absolute Gasteiger partial charge is 0.353 e. The number of rotatable bonds is 2. The Morgan fingerprint density at radius 2 is 2.36 bits per heavy atom. The number of carboxylic acid groups (broad SMARTS) is 1. The minimum absolute atomic E-state index is 0.333. The molecule has 0 atom stereocenters. The molecule has 1 aromatic rings. The highest BCUT2D eigenvalue weighted by atomic mass is 19.3. The molecule has 0 spiro atoms. The Kier molecular flexibility index (Phi) is 1.84. The molecule has 2 N–H and O–H groups in total. The van der Waals surface area contributed by atoms with Crippen molar-refractivity contribution in [1.82, 2.24) is 9.97 Å². The highest BCUT2D eigenvalue weighted by molar-refractivity contribution is 5.84. The highest BCUT2D eigenvalue weighted by Gasteiger charge is 2.13. The Bertz CT molecular complexity index is 271. The van der Waals surface area contributed by atoms with E-state index in [0.29, 0.717) is 0 Å². The van der Waals surface area contributed by atoms with E-state index in [1.54, 1.807) is 0 Å².